The maximum Gasteiger partial charge on any atom is 0.320 e. The maximum atomic E-state index is 11.0. The van der Waals surface area contributed by atoms with E-state index in [1.807, 2.05) is 19.9 Å². The molecule has 0 aromatic heterocycles. The summed E-state index contributed by atoms with van der Waals surface area (Å²) in [6.07, 6.45) is 0. The van der Waals surface area contributed by atoms with Gasteiger partial charge in [-0.1, -0.05) is 43.1 Å². The fraction of sp³-hybridized carbons (Fsp3) is 0.417. The van der Waals surface area contributed by atoms with E-state index in [4.69, 9.17) is 28.3 Å². The number of aliphatic carboxylic acids is 1. The van der Waals surface area contributed by atoms with Crippen LogP contribution in [-0.4, -0.2) is 17.1 Å². The molecule has 0 radical (unpaired) electrons. The minimum absolute atomic E-state index is 0.0234. The highest BCUT2D eigenvalue weighted by molar-refractivity contribution is 6.42. The molecule has 0 saturated heterocycles. The Bertz CT molecular complexity index is 407. The van der Waals surface area contributed by atoms with Gasteiger partial charge in [0.25, 0.3) is 0 Å². The second-order valence-electron chi connectivity index (χ2n) is 4.19. The van der Waals surface area contributed by atoms with E-state index in [0.717, 1.165) is 5.56 Å². The van der Waals surface area contributed by atoms with Crippen molar-refractivity contribution in [2.45, 2.75) is 26.4 Å². The Hall–Kier alpha value is -0.770. The van der Waals surface area contributed by atoms with Gasteiger partial charge in [-0.25, -0.2) is 0 Å². The summed E-state index contributed by atoms with van der Waals surface area (Å²) < 4.78 is 0. The van der Waals surface area contributed by atoms with Crippen LogP contribution in [0.25, 0.3) is 0 Å². The molecule has 0 heterocycles. The molecule has 0 aliphatic rings. The summed E-state index contributed by atoms with van der Waals surface area (Å²) in [6, 6.07) is 4.69. The lowest BCUT2D eigenvalue weighted by Gasteiger charge is -2.18. The first-order valence-corrected chi connectivity index (χ1v) is 6.07. The van der Waals surface area contributed by atoms with Gasteiger partial charge in [-0.3, -0.25) is 4.79 Å². The molecule has 1 aromatic rings. The van der Waals surface area contributed by atoms with Gasteiger partial charge < -0.3 is 10.4 Å². The van der Waals surface area contributed by atoms with Gasteiger partial charge in [-0.05, 0) is 23.6 Å². The van der Waals surface area contributed by atoms with Crippen LogP contribution in [0.5, 0.6) is 0 Å². The standard InChI is InChI=1S/C12H15Cl2NO2/c1-7(2)11(12(16)17)15-6-8-3-4-9(13)10(14)5-8/h3-5,7,11,15H,6H2,1-2H3,(H,16,17). The molecule has 0 aliphatic carbocycles. The molecule has 1 rings (SSSR count). The average molecular weight is 276 g/mol. The highest BCUT2D eigenvalue weighted by atomic mass is 35.5. The summed E-state index contributed by atoms with van der Waals surface area (Å²) in [5, 5.41) is 13.0. The number of rotatable bonds is 5. The van der Waals surface area contributed by atoms with Gasteiger partial charge >= 0.3 is 5.97 Å². The van der Waals surface area contributed by atoms with E-state index in [0.29, 0.717) is 16.6 Å². The predicted molar refractivity (Wildman–Crippen MR) is 69.6 cm³/mol. The molecule has 17 heavy (non-hydrogen) atoms. The second kappa shape index (κ2) is 6.24. The summed E-state index contributed by atoms with van der Waals surface area (Å²) in [7, 11) is 0. The summed E-state index contributed by atoms with van der Waals surface area (Å²) in [6.45, 7) is 4.17. The molecular formula is C12H15Cl2NO2. The lowest BCUT2D eigenvalue weighted by atomic mass is 10.0. The summed E-state index contributed by atoms with van der Waals surface area (Å²) in [4.78, 5) is 11.0. The van der Waals surface area contributed by atoms with Crippen LogP contribution >= 0.6 is 23.2 Å². The van der Waals surface area contributed by atoms with Crippen LogP contribution in [0.3, 0.4) is 0 Å². The first kappa shape index (κ1) is 14.3. The zero-order valence-electron chi connectivity index (χ0n) is 9.71. The summed E-state index contributed by atoms with van der Waals surface area (Å²) in [5.74, 6) is -0.824. The van der Waals surface area contributed by atoms with Gasteiger partial charge in [0.15, 0.2) is 0 Å². The maximum absolute atomic E-state index is 11.0. The number of benzene rings is 1. The number of carbonyl (C=O) groups is 1. The lowest BCUT2D eigenvalue weighted by Crippen LogP contribution is -2.40. The Labute approximate surface area is 111 Å². The first-order chi connectivity index (χ1) is 7.91. The third kappa shape index (κ3) is 4.19. The number of hydrogen-bond donors (Lipinski definition) is 2. The van der Waals surface area contributed by atoms with E-state index in [9.17, 15) is 4.79 Å². The van der Waals surface area contributed by atoms with Crippen LogP contribution < -0.4 is 5.32 Å². The largest absolute Gasteiger partial charge is 0.480 e. The van der Waals surface area contributed by atoms with Crippen LogP contribution in [0.1, 0.15) is 19.4 Å². The van der Waals surface area contributed by atoms with Gasteiger partial charge in [0, 0.05) is 6.54 Å². The van der Waals surface area contributed by atoms with E-state index in [1.54, 1.807) is 12.1 Å². The lowest BCUT2D eigenvalue weighted by molar-refractivity contribution is -0.140. The highest BCUT2D eigenvalue weighted by Gasteiger charge is 2.20. The quantitative estimate of drug-likeness (QED) is 0.868. The number of hydrogen-bond acceptors (Lipinski definition) is 2. The number of nitrogens with one attached hydrogen (secondary N) is 1. The molecule has 1 atom stereocenters. The smallest absolute Gasteiger partial charge is 0.320 e. The summed E-state index contributed by atoms with van der Waals surface area (Å²) in [5.41, 5.74) is 0.909. The number of carboxylic acid groups (broad SMARTS) is 1. The molecule has 1 unspecified atom stereocenters. The normalized spacial score (nSPS) is 12.8. The van der Waals surface area contributed by atoms with Crippen LogP contribution in [0.2, 0.25) is 10.0 Å². The van der Waals surface area contributed by atoms with Crippen LogP contribution in [0.4, 0.5) is 0 Å². The van der Waals surface area contributed by atoms with E-state index in [1.165, 1.54) is 0 Å². The Balaban J connectivity index is 2.65. The molecule has 0 amide bonds. The molecule has 0 fully saturated rings. The third-order valence-corrected chi connectivity index (χ3v) is 3.18. The van der Waals surface area contributed by atoms with Crippen molar-refractivity contribution in [3.8, 4) is 0 Å². The van der Waals surface area contributed by atoms with Crippen molar-refractivity contribution in [3.05, 3.63) is 33.8 Å². The van der Waals surface area contributed by atoms with Crippen molar-refractivity contribution < 1.29 is 9.90 Å². The Morgan fingerprint density at radius 2 is 2.00 bits per heavy atom. The molecule has 0 saturated carbocycles. The van der Waals surface area contributed by atoms with Crippen molar-refractivity contribution in [2.24, 2.45) is 5.92 Å². The fourth-order valence-corrected chi connectivity index (χ4v) is 1.81. The Morgan fingerprint density at radius 1 is 1.35 bits per heavy atom. The first-order valence-electron chi connectivity index (χ1n) is 5.32. The van der Waals surface area contributed by atoms with Crippen molar-refractivity contribution in [1.29, 1.82) is 0 Å². The third-order valence-electron chi connectivity index (χ3n) is 2.44. The topological polar surface area (TPSA) is 49.3 Å². The van der Waals surface area contributed by atoms with Gasteiger partial charge in [0.2, 0.25) is 0 Å². The molecule has 2 N–H and O–H groups in total. The molecule has 0 aliphatic heterocycles. The predicted octanol–water partition coefficient (Wildman–Crippen LogP) is 3.19. The van der Waals surface area contributed by atoms with Crippen LogP contribution in [0.15, 0.2) is 18.2 Å². The zero-order chi connectivity index (χ0) is 13.0. The zero-order valence-corrected chi connectivity index (χ0v) is 11.2. The Kier molecular flexibility index (Phi) is 5.25. The number of carboxylic acids is 1. The van der Waals surface area contributed by atoms with Crippen molar-refractivity contribution in [1.82, 2.24) is 5.32 Å². The average Bonchev–Trinajstić information content (AvgIpc) is 2.22. The van der Waals surface area contributed by atoms with E-state index >= 15 is 0 Å². The molecule has 1 aromatic carbocycles. The number of halogens is 2. The van der Waals surface area contributed by atoms with Crippen molar-refractivity contribution in [2.75, 3.05) is 0 Å². The van der Waals surface area contributed by atoms with E-state index in [2.05, 4.69) is 5.32 Å². The highest BCUT2D eigenvalue weighted by Crippen LogP contribution is 2.22. The van der Waals surface area contributed by atoms with E-state index < -0.39 is 12.0 Å². The molecule has 5 heteroatoms. The molecular weight excluding hydrogens is 261 g/mol. The van der Waals surface area contributed by atoms with E-state index in [-0.39, 0.29) is 5.92 Å². The molecule has 0 bridgehead atoms. The fourth-order valence-electron chi connectivity index (χ4n) is 1.49. The summed E-state index contributed by atoms with van der Waals surface area (Å²) >= 11 is 11.7. The van der Waals surface area contributed by atoms with Crippen LogP contribution in [-0.2, 0) is 11.3 Å². The minimum atomic E-state index is -0.847. The minimum Gasteiger partial charge on any atom is -0.480 e. The molecule has 94 valence electrons. The van der Waals surface area contributed by atoms with Gasteiger partial charge in [0.05, 0.1) is 10.0 Å². The molecule has 3 nitrogen and oxygen atoms in total. The SMILES string of the molecule is CC(C)C(NCc1ccc(Cl)c(Cl)c1)C(=O)O. The van der Waals surface area contributed by atoms with Crippen molar-refractivity contribution in [3.63, 3.8) is 0 Å². The monoisotopic (exact) mass is 275 g/mol. The van der Waals surface area contributed by atoms with Crippen molar-refractivity contribution >= 4 is 29.2 Å². The molecule has 0 spiro atoms. The Morgan fingerprint density at radius 3 is 2.47 bits per heavy atom. The van der Waals surface area contributed by atoms with Gasteiger partial charge in [-0.2, -0.15) is 0 Å². The van der Waals surface area contributed by atoms with Gasteiger partial charge in [0.1, 0.15) is 6.04 Å². The second-order valence-corrected chi connectivity index (χ2v) is 5.00. The van der Waals surface area contributed by atoms with Crippen LogP contribution in [0, 0.1) is 5.92 Å². The van der Waals surface area contributed by atoms with Gasteiger partial charge in [-0.15, -0.1) is 0 Å².